The van der Waals surface area contributed by atoms with E-state index >= 15 is 0 Å². The Bertz CT molecular complexity index is 549. The van der Waals surface area contributed by atoms with E-state index in [-0.39, 0.29) is 5.92 Å². The maximum Gasteiger partial charge on any atom is 0.113 e. The summed E-state index contributed by atoms with van der Waals surface area (Å²) >= 11 is 0. The molecule has 1 aliphatic rings. The average Bonchev–Trinajstić information content (AvgIpc) is 2.87. The third kappa shape index (κ3) is 2.08. The largest absolute Gasteiger partial charge is 0.383 e. The van der Waals surface area contributed by atoms with Crippen LogP contribution < -0.4 is 0 Å². The average molecular weight is 256 g/mol. The lowest BCUT2D eigenvalue weighted by atomic mass is 9.70. The zero-order valence-corrected chi connectivity index (χ0v) is 11.3. The first-order valence-electron chi connectivity index (χ1n) is 6.97. The van der Waals surface area contributed by atoms with Crippen LogP contribution in [-0.2, 0) is 12.6 Å². The molecule has 1 aliphatic carbocycles. The van der Waals surface area contributed by atoms with Gasteiger partial charge in [0, 0.05) is 19.2 Å². The van der Waals surface area contributed by atoms with Crippen LogP contribution in [0.25, 0.3) is 0 Å². The third-order valence-electron chi connectivity index (χ3n) is 4.34. The molecule has 2 unspecified atom stereocenters. The van der Waals surface area contributed by atoms with Gasteiger partial charge in [-0.2, -0.15) is 5.10 Å². The molecule has 0 aliphatic heterocycles. The van der Waals surface area contributed by atoms with Crippen LogP contribution in [0.2, 0.25) is 0 Å². The van der Waals surface area contributed by atoms with Crippen LogP contribution in [0, 0.1) is 0 Å². The maximum atomic E-state index is 11.3. The summed E-state index contributed by atoms with van der Waals surface area (Å²) in [5, 5.41) is 15.5. The second-order valence-corrected chi connectivity index (χ2v) is 5.47. The molecule has 1 aromatic carbocycles. The summed E-state index contributed by atoms with van der Waals surface area (Å²) < 4.78 is 1.81. The van der Waals surface area contributed by atoms with Gasteiger partial charge in [0.05, 0.1) is 5.69 Å². The van der Waals surface area contributed by atoms with Crippen molar-refractivity contribution >= 4 is 0 Å². The van der Waals surface area contributed by atoms with Crippen LogP contribution in [0.15, 0.2) is 42.6 Å². The Kier molecular flexibility index (Phi) is 3.15. The van der Waals surface area contributed by atoms with E-state index in [9.17, 15) is 5.11 Å². The molecule has 1 fully saturated rings. The van der Waals surface area contributed by atoms with Gasteiger partial charge in [-0.05, 0) is 24.5 Å². The monoisotopic (exact) mass is 256 g/mol. The Hall–Kier alpha value is -1.61. The van der Waals surface area contributed by atoms with Crippen molar-refractivity contribution in [1.29, 1.82) is 0 Å². The molecule has 0 amide bonds. The van der Waals surface area contributed by atoms with Gasteiger partial charge in [-0.1, -0.05) is 43.2 Å². The smallest absolute Gasteiger partial charge is 0.113 e. The van der Waals surface area contributed by atoms with Crippen molar-refractivity contribution in [3.8, 4) is 0 Å². The molecule has 3 rings (SSSR count). The van der Waals surface area contributed by atoms with E-state index in [1.807, 2.05) is 31.3 Å². The molecule has 1 saturated carbocycles. The van der Waals surface area contributed by atoms with E-state index in [4.69, 9.17) is 0 Å². The molecule has 2 aromatic rings. The van der Waals surface area contributed by atoms with Gasteiger partial charge in [-0.25, -0.2) is 0 Å². The first-order chi connectivity index (χ1) is 9.22. The highest BCUT2D eigenvalue weighted by Crippen LogP contribution is 2.46. The number of aliphatic hydroxyl groups is 1. The lowest BCUT2D eigenvalue weighted by Gasteiger charge is -2.40. The van der Waals surface area contributed by atoms with Crippen LogP contribution in [0.3, 0.4) is 0 Å². The molecule has 0 radical (unpaired) electrons. The van der Waals surface area contributed by atoms with E-state index in [0.29, 0.717) is 0 Å². The minimum absolute atomic E-state index is 0.165. The maximum absolute atomic E-state index is 11.3. The predicted octanol–water partition coefficient (Wildman–Crippen LogP) is 2.97. The van der Waals surface area contributed by atoms with Crippen molar-refractivity contribution in [2.24, 2.45) is 7.05 Å². The summed E-state index contributed by atoms with van der Waals surface area (Å²) in [6.07, 6.45) is 5.87. The third-order valence-corrected chi connectivity index (χ3v) is 4.34. The highest BCUT2D eigenvalue weighted by molar-refractivity contribution is 5.28. The number of rotatable bonds is 2. The van der Waals surface area contributed by atoms with E-state index < -0.39 is 5.60 Å². The fraction of sp³-hybridized carbons (Fsp3) is 0.438. The molecule has 3 heteroatoms. The summed E-state index contributed by atoms with van der Waals surface area (Å²) in [7, 11) is 1.91. The van der Waals surface area contributed by atoms with Gasteiger partial charge < -0.3 is 5.11 Å². The van der Waals surface area contributed by atoms with E-state index in [1.54, 1.807) is 10.9 Å². The Balaban J connectivity index is 2.04. The van der Waals surface area contributed by atoms with E-state index in [0.717, 1.165) is 25.0 Å². The molecule has 1 aromatic heterocycles. The summed E-state index contributed by atoms with van der Waals surface area (Å²) in [5.74, 6) is 0.165. The second kappa shape index (κ2) is 4.82. The first kappa shape index (κ1) is 12.4. The number of aromatic nitrogens is 2. The molecule has 19 heavy (non-hydrogen) atoms. The Labute approximate surface area is 113 Å². The van der Waals surface area contributed by atoms with Crippen LogP contribution in [0.4, 0.5) is 0 Å². The highest BCUT2D eigenvalue weighted by atomic mass is 16.3. The van der Waals surface area contributed by atoms with Gasteiger partial charge in [0.1, 0.15) is 5.60 Å². The molecule has 0 saturated heterocycles. The standard InChI is InChI=1S/C16H20N2O/c1-18-15(10-12-17-18)16(19)11-6-5-9-14(16)13-7-3-2-4-8-13/h2-4,7-8,10,12,14,19H,5-6,9,11H2,1H3. The van der Waals surface area contributed by atoms with Gasteiger partial charge in [0.2, 0.25) is 0 Å². The van der Waals surface area contributed by atoms with Crippen LogP contribution in [0.5, 0.6) is 0 Å². The van der Waals surface area contributed by atoms with Crippen LogP contribution >= 0.6 is 0 Å². The zero-order chi connectivity index (χ0) is 13.3. The SMILES string of the molecule is Cn1nccc1C1(O)CCCCC1c1ccccc1. The summed E-state index contributed by atoms with van der Waals surface area (Å²) in [6, 6.07) is 12.3. The molecular weight excluding hydrogens is 236 g/mol. The number of hydrogen-bond acceptors (Lipinski definition) is 2. The summed E-state index contributed by atoms with van der Waals surface area (Å²) in [4.78, 5) is 0. The normalized spacial score (nSPS) is 27.4. The zero-order valence-electron chi connectivity index (χ0n) is 11.3. The van der Waals surface area contributed by atoms with Crippen molar-refractivity contribution < 1.29 is 5.11 Å². The number of nitrogens with zero attached hydrogens (tertiary/aromatic N) is 2. The fourth-order valence-electron chi connectivity index (χ4n) is 3.39. The topological polar surface area (TPSA) is 38.0 Å². The number of aryl methyl sites for hydroxylation is 1. The van der Waals surface area contributed by atoms with Crippen molar-refractivity contribution in [1.82, 2.24) is 9.78 Å². The van der Waals surface area contributed by atoms with Gasteiger partial charge in [0.15, 0.2) is 0 Å². The van der Waals surface area contributed by atoms with Crippen molar-refractivity contribution in [3.63, 3.8) is 0 Å². The second-order valence-electron chi connectivity index (χ2n) is 5.47. The summed E-state index contributed by atoms with van der Waals surface area (Å²) in [5.41, 5.74) is 1.37. The minimum Gasteiger partial charge on any atom is -0.383 e. The van der Waals surface area contributed by atoms with Gasteiger partial charge >= 0.3 is 0 Å². The molecular formula is C16H20N2O. The van der Waals surface area contributed by atoms with Gasteiger partial charge in [0.25, 0.3) is 0 Å². The van der Waals surface area contributed by atoms with Crippen LogP contribution in [0.1, 0.15) is 42.9 Å². The van der Waals surface area contributed by atoms with Gasteiger partial charge in [-0.3, -0.25) is 4.68 Å². The molecule has 100 valence electrons. The molecule has 0 bridgehead atoms. The Morgan fingerprint density at radius 1 is 1.21 bits per heavy atom. The fourth-order valence-corrected chi connectivity index (χ4v) is 3.39. The van der Waals surface area contributed by atoms with E-state index in [1.165, 1.54) is 12.0 Å². The molecule has 3 nitrogen and oxygen atoms in total. The van der Waals surface area contributed by atoms with Crippen molar-refractivity contribution in [2.75, 3.05) is 0 Å². The molecule has 0 spiro atoms. The summed E-state index contributed by atoms with van der Waals surface area (Å²) in [6.45, 7) is 0. The number of hydrogen-bond donors (Lipinski definition) is 1. The highest BCUT2D eigenvalue weighted by Gasteiger charge is 2.42. The van der Waals surface area contributed by atoms with Gasteiger partial charge in [-0.15, -0.1) is 0 Å². The van der Waals surface area contributed by atoms with E-state index in [2.05, 4.69) is 17.2 Å². The molecule has 1 heterocycles. The predicted molar refractivity (Wildman–Crippen MR) is 74.8 cm³/mol. The van der Waals surface area contributed by atoms with Crippen molar-refractivity contribution in [3.05, 3.63) is 53.9 Å². The lowest BCUT2D eigenvalue weighted by molar-refractivity contribution is -0.0293. The quantitative estimate of drug-likeness (QED) is 0.897. The number of benzene rings is 1. The lowest BCUT2D eigenvalue weighted by Crippen LogP contribution is -2.38. The Morgan fingerprint density at radius 3 is 2.68 bits per heavy atom. The Morgan fingerprint density at radius 2 is 2.00 bits per heavy atom. The molecule has 2 atom stereocenters. The van der Waals surface area contributed by atoms with Crippen molar-refractivity contribution in [2.45, 2.75) is 37.2 Å². The first-order valence-corrected chi connectivity index (χ1v) is 6.97. The minimum atomic E-state index is -0.787. The molecule has 1 N–H and O–H groups in total. The van der Waals surface area contributed by atoms with Crippen LogP contribution in [-0.4, -0.2) is 14.9 Å².